The maximum atomic E-state index is 12.1. The third-order valence-electron chi connectivity index (χ3n) is 3.61. The highest BCUT2D eigenvalue weighted by Gasteiger charge is 2.27. The van der Waals surface area contributed by atoms with E-state index >= 15 is 0 Å². The minimum absolute atomic E-state index is 0.193. The van der Waals surface area contributed by atoms with Crippen LogP contribution in [0.15, 0.2) is 0 Å². The van der Waals surface area contributed by atoms with Gasteiger partial charge >= 0.3 is 6.09 Å². The summed E-state index contributed by atoms with van der Waals surface area (Å²) in [6, 6.07) is 0.372. The Bertz CT molecular complexity index is 316. The van der Waals surface area contributed by atoms with Crippen molar-refractivity contribution in [2.75, 3.05) is 32.8 Å². The number of amides is 1. The predicted molar refractivity (Wildman–Crippen MR) is 89.2 cm³/mol. The van der Waals surface area contributed by atoms with Crippen LogP contribution >= 0.6 is 0 Å². The second kappa shape index (κ2) is 10.1. The first-order valence-corrected chi connectivity index (χ1v) is 8.71. The Labute approximate surface area is 135 Å². The van der Waals surface area contributed by atoms with Crippen molar-refractivity contribution in [2.24, 2.45) is 0 Å². The number of hydrogen-bond donors (Lipinski definition) is 1. The zero-order chi connectivity index (χ0) is 16.4. The molecule has 0 aromatic heterocycles. The van der Waals surface area contributed by atoms with Crippen LogP contribution in [0.3, 0.4) is 0 Å². The van der Waals surface area contributed by atoms with Crippen molar-refractivity contribution < 1.29 is 14.3 Å². The molecule has 1 heterocycles. The van der Waals surface area contributed by atoms with E-state index in [4.69, 9.17) is 9.47 Å². The van der Waals surface area contributed by atoms with Crippen LogP contribution in [0.4, 0.5) is 4.79 Å². The molecule has 130 valence electrons. The summed E-state index contributed by atoms with van der Waals surface area (Å²) in [6.07, 6.45) is 5.30. The highest BCUT2D eigenvalue weighted by atomic mass is 16.6. The summed E-state index contributed by atoms with van der Waals surface area (Å²) in [5.74, 6) is 0. The van der Waals surface area contributed by atoms with Gasteiger partial charge in [0.25, 0.3) is 0 Å². The Balaban J connectivity index is 2.16. The molecule has 0 radical (unpaired) electrons. The second-order valence-electron chi connectivity index (χ2n) is 7.04. The number of nitrogens with zero attached hydrogens (tertiary/aromatic N) is 1. The van der Waals surface area contributed by atoms with Crippen molar-refractivity contribution in [3.8, 4) is 0 Å². The summed E-state index contributed by atoms with van der Waals surface area (Å²) in [4.78, 5) is 13.9. The summed E-state index contributed by atoms with van der Waals surface area (Å²) >= 11 is 0. The van der Waals surface area contributed by atoms with E-state index in [2.05, 4.69) is 12.2 Å². The fourth-order valence-electron chi connectivity index (χ4n) is 2.46. The first-order valence-electron chi connectivity index (χ1n) is 8.71. The monoisotopic (exact) mass is 314 g/mol. The number of carbonyl (C=O) groups is 1. The molecule has 1 N–H and O–H groups in total. The van der Waals surface area contributed by atoms with E-state index in [0.29, 0.717) is 6.04 Å². The molecule has 0 aromatic carbocycles. The van der Waals surface area contributed by atoms with Crippen LogP contribution in [0, 0.1) is 0 Å². The van der Waals surface area contributed by atoms with Crippen LogP contribution in [-0.4, -0.2) is 55.5 Å². The molecule has 0 bridgehead atoms. The summed E-state index contributed by atoms with van der Waals surface area (Å²) in [5.41, 5.74) is -0.423. The van der Waals surface area contributed by atoms with Gasteiger partial charge in [-0.3, -0.25) is 0 Å². The van der Waals surface area contributed by atoms with Crippen LogP contribution in [0.5, 0.6) is 0 Å². The topological polar surface area (TPSA) is 50.8 Å². The molecular weight excluding hydrogens is 280 g/mol. The van der Waals surface area contributed by atoms with E-state index in [1.807, 2.05) is 25.7 Å². The molecule has 0 saturated carbocycles. The zero-order valence-corrected chi connectivity index (χ0v) is 14.8. The Morgan fingerprint density at radius 1 is 1.27 bits per heavy atom. The van der Waals surface area contributed by atoms with Gasteiger partial charge in [-0.25, -0.2) is 4.79 Å². The summed E-state index contributed by atoms with van der Waals surface area (Å²) in [6.45, 7) is 12.1. The number of rotatable bonds is 8. The molecule has 1 fully saturated rings. The predicted octanol–water partition coefficient (Wildman–Crippen LogP) is 3.18. The first-order chi connectivity index (χ1) is 10.4. The molecule has 22 heavy (non-hydrogen) atoms. The first kappa shape index (κ1) is 19.2. The second-order valence-corrected chi connectivity index (χ2v) is 7.04. The van der Waals surface area contributed by atoms with Crippen LogP contribution < -0.4 is 5.32 Å². The molecule has 1 rings (SSSR count). The minimum Gasteiger partial charge on any atom is -0.444 e. The van der Waals surface area contributed by atoms with Gasteiger partial charge in [-0.1, -0.05) is 13.3 Å². The summed E-state index contributed by atoms with van der Waals surface area (Å²) in [5, 5.41) is 3.53. The van der Waals surface area contributed by atoms with Crippen LogP contribution in [0.1, 0.15) is 59.8 Å². The van der Waals surface area contributed by atoms with Crippen molar-refractivity contribution in [1.29, 1.82) is 0 Å². The molecule has 0 spiro atoms. The fraction of sp³-hybridized carbons (Fsp3) is 0.941. The fourth-order valence-corrected chi connectivity index (χ4v) is 2.46. The number of hydrogen-bond acceptors (Lipinski definition) is 4. The highest BCUT2D eigenvalue weighted by Crippen LogP contribution is 2.15. The SMILES string of the molecule is CCCCOCCCNC1CCCN(C(=O)OC(C)(C)C)C1. The van der Waals surface area contributed by atoms with Crippen molar-refractivity contribution >= 4 is 6.09 Å². The third-order valence-corrected chi connectivity index (χ3v) is 3.61. The van der Waals surface area contributed by atoms with Crippen molar-refractivity contribution in [1.82, 2.24) is 10.2 Å². The molecule has 5 heteroatoms. The molecule has 1 amide bonds. The maximum absolute atomic E-state index is 12.1. The summed E-state index contributed by atoms with van der Waals surface area (Å²) in [7, 11) is 0. The smallest absolute Gasteiger partial charge is 0.410 e. The molecule has 1 atom stereocenters. The van der Waals surface area contributed by atoms with Gasteiger partial charge in [0.15, 0.2) is 0 Å². The Morgan fingerprint density at radius 2 is 2.00 bits per heavy atom. The molecule has 0 aliphatic carbocycles. The number of ether oxygens (including phenoxy) is 2. The molecule has 1 unspecified atom stereocenters. The van der Waals surface area contributed by atoms with Gasteiger partial charge in [0.1, 0.15) is 5.60 Å². The summed E-state index contributed by atoms with van der Waals surface area (Å²) < 4.78 is 11.0. The average Bonchev–Trinajstić information content (AvgIpc) is 2.45. The molecule has 1 aliphatic rings. The standard InChI is InChI=1S/C17H34N2O3/c1-5-6-12-21-13-8-10-18-15-9-7-11-19(14-15)16(20)22-17(2,3)4/h15,18H,5-14H2,1-4H3. The van der Waals surface area contributed by atoms with Crippen LogP contribution in [0.2, 0.25) is 0 Å². The lowest BCUT2D eigenvalue weighted by atomic mass is 10.1. The maximum Gasteiger partial charge on any atom is 0.410 e. The number of carbonyl (C=O) groups excluding carboxylic acids is 1. The minimum atomic E-state index is -0.423. The Kier molecular flexibility index (Phi) is 8.79. The van der Waals surface area contributed by atoms with Gasteiger partial charge in [-0.15, -0.1) is 0 Å². The molecule has 1 aliphatic heterocycles. The van der Waals surface area contributed by atoms with Gasteiger partial charge in [0, 0.05) is 32.3 Å². The molecular formula is C17H34N2O3. The van der Waals surface area contributed by atoms with Crippen molar-refractivity contribution in [2.45, 2.75) is 71.4 Å². The molecule has 0 aromatic rings. The normalized spacial score (nSPS) is 19.3. The third kappa shape index (κ3) is 8.59. The average molecular weight is 314 g/mol. The van der Waals surface area contributed by atoms with E-state index in [-0.39, 0.29) is 6.09 Å². The Morgan fingerprint density at radius 3 is 2.68 bits per heavy atom. The lowest BCUT2D eigenvalue weighted by Gasteiger charge is -2.34. The van der Waals surface area contributed by atoms with E-state index in [1.165, 1.54) is 6.42 Å². The lowest BCUT2D eigenvalue weighted by Crippen LogP contribution is -2.49. The molecule has 5 nitrogen and oxygen atoms in total. The van der Waals surface area contributed by atoms with E-state index in [1.54, 1.807) is 0 Å². The highest BCUT2D eigenvalue weighted by molar-refractivity contribution is 5.68. The van der Waals surface area contributed by atoms with Gasteiger partial charge in [0.05, 0.1) is 0 Å². The van der Waals surface area contributed by atoms with Crippen molar-refractivity contribution in [3.63, 3.8) is 0 Å². The van der Waals surface area contributed by atoms with Gasteiger partial charge < -0.3 is 19.7 Å². The van der Waals surface area contributed by atoms with Crippen LogP contribution in [0.25, 0.3) is 0 Å². The van der Waals surface area contributed by atoms with Gasteiger partial charge in [-0.05, 0) is 53.0 Å². The quantitative estimate of drug-likeness (QED) is 0.699. The number of likely N-dealkylation sites (tertiary alicyclic amines) is 1. The van der Waals surface area contributed by atoms with Gasteiger partial charge in [-0.2, -0.15) is 0 Å². The van der Waals surface area contributed by atoms with Crippen LogP contribution in [-0.2, 0) is 9.47 Å². The lowest BCUT2D eigenvalue weighted by molar-refractivity contribution is 0.0186. The van der Waals surface area contributed by atoms with E-state index < -0.39 is 5.60 Å². The number of nitrogens with one attached hydrogen (secondary N) is 1. The van der Waals surface area contributed by atoms with Gasteiger partial charge in [0.2, 0.25) is 0 Å². The number of unbranched alkanes of at least 4 members (excludes halogenated alkanes) is 1. The molecule has 1 saturated heterocycles. The number of piperidine rings is 1. The van der Waals surface area contributed by atoms with E-state index in [9.17, 15) is 4.79 Å². The Hall–Kier alpha value is -0.810. The van der Waals surface area contributed by atoms with E-state index in [0.717, 1.165) is 58.5 Å². The van der Waals surface area contributed by atoms with Crippen molar-refractivity contribution in [3.05, 3.63) is 0 Å². The largest absolute Gasteiger partial charge is 0.444 e. The zero-order valence-electron chi connectivity index (χ0n) is 14.8.